The minimum atomic E-state index is -0.138. The third-order valence-electron chi connectivity index (χ3n) is 4.15. The highest BCUT2D eigenvalue weighted by molar-refractivity contribution is 7.07. The zero-order valence-corrected chi connectivity index (χ0v) is 15.1. The Bertz CT molecular complexity index is 885. The molecule has 1 N–H and O–H groups in total. The Labute approximate surface area is 154 Å². The van der Waals surface area contributed by atoms with Gasteiger partial charge in [-0.25, -0.2) is 20.1 Å². The Kier molecular flexibility index (Phi) is 4.63. The third kappa shape index (κ3) is 3.18. The van der Waals surface area contributed by atoms with Gasteiger partial charge in [0.05, 0.1) is 35.9 Å². The van der Waals surface area contributed by atoms with Gasteiger partial charge in [0, 0.05) is 24.5 Å². The monoisotopic (exact) mass is 370 g/mol. The number of aromatic nitrogens is 4. The van der Waals surface area contributed by atoms with Crippen molar-refractivity contribution in [3.05, 3.63) is 41.0 Å². The van der Waals surface area contributed by atoms with Crippen molar-refractivity contribution >= 4 is 17.2 Å². The quantitative estimate of drug-likeness (QED) is 0.757. The maximum atomic E-state index is 12.8. The highest BCUT2D eigenvalue weighted by atomic mass is 32.1. The van der Waals surface area contributed by atoms with Crippen LogP contribution in [-0.4, -0.2) is 50.9 Å². The molecule has 0 aromatic carbocycles. The number of pyridine rings is 1. The highest BCUT2D eigenvalue weighted by Crippen LogP contribution is 2.25. The lowest BCUT2D eigenvalue weighted by molar-refractivity contribution is 0.0604. The standard InChI is InChI=1S/C17H18N6O2S/c1-25-16-5-4-12(9-18-16)23-15(14-10-26-11-19-14)8-13(21-23)17(24)22-7-3-2-6-20-22/h4-5,8-11,20H,2-3,6-7H2,1H3. The van der Waals surface area contributed by atoms with Crippen LogP contribution in [0.1, 0.15) is 23.3 Å². The molecule has 8 nitrogen and oxygen atoms in total. The Morgan fingerprint density at radius 1 is 1.31 bits per heavy atom. The Morgan fingerprint density at radius 3 is 2.88 bits per heavy atom. The molecule has 1 aliphatic heterocycles. The van der Waals surface area contributed by atoms with Crippen LogP contribution in [0.15, 0.2) is 35.3 Å². The zero-order valence-electron chi connectivity index (χ0n) is 14.3. The molecule has 4 rings (SSSR count). The van der Waals surface area contributed by atoms with E-state index in [1.54, 1.807) is 40.6 Å². The first-order valence-electron chi connectivity index (χ1n) is 8.30. The van der Waals surface area contributed by atoms with Gasteiger partial charge in [0.1, 0.15) is 0 Å². The summed E-state index contributed by atoms with van der Waals surface area (Å²) < 4.78 is 6.80. The minimum absolute atomic E-state index is 0.138. The van der Waals surface area contributed by atoms with E-state index in [4.69, 9.17) is 4.74 Å². The van der Waals surface area contributed by atoms with Crippen molar-refractivity contribution in [2.75, 3.05) is 20.2 Å². The molecule has 134 valence electrons. The first kappa shape index (κ1) is 16.7. The lowest BCUT2D eigenvalue weighted by atomic mass is 10.2. The van der Waals surface area contributed by atoms with Crippen molar-refractivity contribution in [1.29, 1.82) is 0 Å². The van der Waals surface area contributed by atoms with Crippen LogP contribution in [0.2, 0.25) is 0 Å². The fourth-order valence-corrected chi connectivity index (χ4v) is 3.37. The van der Waals surface area contributed by atoms with Gasteiger partial charge in [-0.1, -0.05) is 0 Å². The van der Waals surface area contributed by atoms with Gasteiger partial charge < -0.3 is 4.74 Å². The second-order valence-electron chi connectivity index (χ2n) is 5.83. The van der Waals surface area contributed by atoms with E-state index < -0.39 is 0 Å². The summed E-state index contributed by atoms with van der Waals surface area (Å²) in [7, 11) is 1.57. The number of hydrogen-bond acceptors (Lipinski definition) is 7. The van der Waals surface area contributed by atoms with Crippen molar-refractivity contribution in [2.24, 2.45) is 0 Å². The van der Waals surface area contributed by atoms with Crippen LogP contribution >= 0.6 is 11.3 Å². The van der Waals surface area contributed by atoms with Crippen LogP contribution in [0.25, 0.3) is 17.1 Å². The van der Waals surface area contributed by atoms with E-state index in [0.29, 0.717) is 18.1 Å². The summed E-state index contributed by atoms with van der Waals surface area (Å²) in [6.07, 6.45) is 3.72. The van der Waals surface area contributed by atoms with Crippen LogP contribution in [0.3, 0.4) is 0 Å². The first-order valence-corrected chi connectivity index (χ1v) is 9.25. The molecule has 0 unspecified atom stereocenters. The maximum absolute atomic E-state index is 12.8. The van der Waals surface area contributed by atoms with Crippen LogP contribution in [0.4, 0.5) is 0 Å². The first-order chi connectivity index (χ1) is 12.8. The molecule has 9 heteroatoms. The summed E-state index contributed by atoms with van der Waals surface area (Å²) in [6.45, 7) is 1.48. The molecular formula is C17H18N6O2S. The van der Waals surface area contributed by atoms with Gasteiger partial charge in [0.25, 0.3) is 5.91 Å². The van der Waals surface area contributed by atoms with Crippen LogP contribution in [-0.2, 0) is 0 Å². The summed E-state index contributed by atoms with van der Waals surface area (Å²) in [5.41, 5.74) is 7.51. The molecule has 4 heterocycles. The maximum Gasteiger partial charge on any atom is 0.288 e. The van der Waals surface area contributed by atoms with Crippen LogP contribution < -0.4 is 10.2 Å². The van der Waals surface area contributed by atoms with E-state index in [9.17, 15) is 4.79 Å². The van der Waals surface area contributed by atoms with Gasteiger partial charge in [0.2, 0.25) is 5.88 Å². The van der Waals surface area contributed by atoms with E-state index in [1.165, 1.54) is 11.3 Å². The molecule has 3 aromatic heterocycles. The molecule has 0 atom stereocenters. The second-order valence-corrected chi connectivity index (χ2v) is 6.55. The Balaban J connectivity index is 1.74. The number of nitrogens with zero attached hydrogens (tertiary/aromatic N) is 5. The predicted molar refractivity (Wildman–Crippen MR) is 97.3 cm³/mol. The molecular weight excluding hydrogens is 352 g/mol. The largest absolute Gasteiger partial charge is 0.481 e. The minimum Gasteiger partial charge on any atom is -0.481 e. The second kappa shape index (κ2) is 7.22. The number of thiazole rings is 1. The molecule has 1 saturated heterocycles. The average Bonchev–Trinajstić information content (AvgIpc) is 3.38. The van der Waals surface area contributed by atoms with Crippen molar-refractivity contribution < 1.29 is 9.53 Å². The SMILES string of the molecule is COc1ccc(-n2nc(C(=O)N3CCCCN3)cc2-c2cscn2)cn1. The van der Waals surface area contributed by atoms with Gasteiger partial charge in [-0.15, -0.1) is 11.3 Å². The van der Waals surface area contributed by atoms with Crippen molar-refractivity contribution in [3.8, 4) is 23.0 Å². The molecule has 3 aromatic rings. The topological polar surface area (TPSA) is 85.2 Å². The zero-order chi connectivity index (χ0) is 17.9. The van der Waals surface area contributed by atoms with E-state index in [-0.39, 0.29) is 5.91 Å². The molecule has 26 heavy (non-hydrogen) atoms. The lowest BCUT2D eigenvalue weighted by Crippen LogP contribution is -2.47. The van der Waals surface area contributed by atoms with Gasteiger partial charge in [0.15, 0.2) is 5.69 Å². The summed E-state index contributed by atoms with van der Waals surface area (Å²) >= 11 is 1.49. The third-order valence-corrected chi connectivity index (χ3v) is 4.74. The molecule has 0 radical (unpaired) electrons. The number of amides is 1. The van der Waals surface area contributed by atoms with Crippen molar-refractivity contribution in [3.63, 3.8) is 0 Å². The van der Waals surface area contributed by atoms with Gasteiger partial charge in [-0.3, -0.25) is 9.80 Å². The van der Waals surface area contributed by atoms with E-state index >= 15 is 0 Å². The molecule has 0 aliphatic carbocycles. The summed E-state index contributed by atoms with van der Waals surface area (Å²) in [4.78, 5) is 21.4. The highest BCUT2D eigenvalue weighted by Gasteiger charge is 2.23. The number of carbonyl (C=O) groups is 1. The van der Waals surface area contributed by atoms with Crippen molar-refractivity contribution in [1.82, 2.24) is 30.2 Å². The smallest absolute Gasteiger partial charge is 0.288 e. The van der Waals surface area contributed by atoms with Crippen molar-refractivity contribution in [2.45, 2.75) is 12.8 Å². The van der Waals surface area contributed by atoms with Crippen LogP contribution in [0, 0.1) is 0 Å². The normalized spacial score (nSPS) is 14.4. The average molecular weight is 370 g/mol. The number of carbonyl (C=O) groups excluding carboxylic acids is 1. The number of methoxy groups -OCH3 is 1. The molecule has 0 saturated carbocycles. The molecule has 0 spiro atoms. The Morgan fingerprint density at radius 2 is 2.23 bits per heavy atom. The molecule has 0 bridgehead atoms. The van der Waals surface area contributed by atoms with Crippen LogP contribution in [0.5, 0.6) is 5.88 Å². The summed E-state index contributed by atoms with van der Waals surface area (Å²) in [6, 6.07) is 5.38. The summed E-state index contributed by atoms with van der Waals surface area (Å²) in [5.74, 6) is 0.381. The van der Waals surface area contributed by atoms with E-state index in [2.05, 4.69) is 20.5 Å². The van der Waals surface area contributed by atoms with Gasteiger partial charge in [-0.05, 0) is 25.0 Å². The number of ether oxygens (including phenoxy) is 1. The predicted octanol–water partition coefficient (Wildman–Crippen LogP) is 2.14. The molecule has 1 aliphatic rings. The van der Waals surface area contributed by atoms with Gasteiger partial charge in [-0.2, -0.15) is 5.10 Å². The number of hydrogen-bond donors (Lipinski definition) is 1. The van der Waals surface area contributed by atoms with E-state index in [1.807, 2.05) is 11.4 Å². The summed E-state index contributed by atoms with van der Waals surface area (Å²) in [5, 5.41) is 8.10. The Hall–Kier alpha value is -2.78. The van der Waals surface area contributed by atoms with E-state index in [0.717, 1.165) is 36.5 Å². The number of rotatable bonds is 4. The number of nitrogens with one attached hydrogen (secondary N) is 1. The lowest BCUT2D eigenvalue weighted by Gasteiger charge is -2.26. The fraction of sp³-hybridized carbons (Fsp3) is 0.294. The number of hydrazine groups is 1. The van der Waals surface area contributed by atoms with Gasteiger partial charge >= 0.3 is 0 Å². The fourth-order valence-electron chi connectivity index (χ4n) is 2.82. The molecule has 1 amide bonds. The molecule has 1 fully saturated rings.